The minimum absolute atomic E-state index is 0.0228. The van der Waals surface area contributed by atoms with Crippen molar-refractivity contribution in [2.24, 2.45) is 23.1 Å². The predicted molar refractivity (Wildman–Crippen MR) is 117 cm³/mol. The van der Waals surface area contributed by atoms with E-state index < -0.39 is 47.7 Å². The third-order valence-corrected chi connectivity index (χ3v) is 4.45. The van der Waals surface area contributed by atoms with E-state index in [0.29, 0.717) is 0 Å². The second-order valence-corrected chi connectivity index (χ2v) is 7.90. The summed E-state index contributed by atoms with van der Waals surface area (Å²) in [6.45, 7) is 3.34. The van der Waals surface area contributed by atoms with Crippen molar-refractivity contribution in [3.05, 3.63) is 35.9 Å². The van der Waals surface area contributed by atoms with Crippen LogP contribution in [0.25, 0.3) is 0 Å². The standard InChI is InChI=1S/C21H32N6O5/c1-12(2)8-15(26-19(30)14(22)10-17(23)28)21(32)27-16(20(31)25-11-18(24)29)9-13-6-4-3-5-7-13/h3-7,12,14-16H,8-11,22H2,1-2H3,(H2,23,28)(H2,24,29)(H,25,31)(H,26,30)(H,27,32)/t14-,15-,16-/m0/s1. The van der Waals surface area contributed by atoms with Crippen LogP contribution >= 0.6 is 0 Å². The Kier molecular flexibility index (Phi) is 10.8. The first-order chi connectivity index (χ1) is 15.0. The molecule has 1 aromatic carbocycles. The van der Waals surface area contributed by atoms with Gasteiger partial charge >= 0.3 is 0 Å². The number of hydrogen-bond donors (Lipinski definition) is 6. The zero-order valence-electron chi connectivity index (χ0n) is 18.3. The number of benzene rings is 1. The molecule has 0 saturated heterocycles. The van der Waals surface area contributed by atoms with E-state index >= 15 is 0 Å². The highest BCUT2D eigenvalue weighted by Crippen LogP contribution is 2.08. The maximum atomic E-state index is 13.0. The van der Waals surface area contributed by atoms with Gasteiger partial charge in [-0.2, -0.15) is 0 Å². The van der Waals surface area contributed by atoms with Crippen molar-refractivity contribution in [2.75, 3.05) is 6.54 Å². The van der Waals surface area contributed by atoms with Crippen LogP contribution in [0, 0.1) is 5.92 Å². The van der Waals surface area contributed by atoms with Crippen LogP contribution in [0.15, 0.2) is 30.3 Å². The van der Waals surface area contributed by atoms with Gasteiger partial charge in [0.2, 0.25) is 29.5 Å². The first-order valence-electron chi connectivity index (χ1n) is 10.2. The molecule has 0 aliphatic rings. The minimum atomic E-state index is -1.20. The average molecular weight is 449 g/mol. The van der Waals surface area contributed by atoms with Crippen molar-refractivity contribution in [1.29, 1.82) is 0 Å². The monoisotopic (exact) mass is 448 g/mol. The van der Waals surface area contributed by atoms with Crippen LogP contribution in [-0.2, 0) is 30.4 Å². The van der Waals surface area contributed by atoms with Gasteiger partial charge in [0.05, 0.1) is 19.0 Å². The van der Waals surface area contributed by atoms with Crippen LogP contribution in [0.2, 0.25) is 0 Å². The Morgan fingerprint density at radius 3 is 1.97 bits per heavy atom. The average Bonchev–Trinajstić information content (AvgIpc) is 2.70. The summed E-state index contributed by atoms with van der Waals surface area (Å²) in [4.78, 5) is 59.9. The Morgan fingerprint density at radius 1 is 0.844 bits per heavy atom. The lowest BCUT2D eigenvalue weighted by Crippen LogP contribution is -2.57. The fourth-order valence-electron chi connectivity index (χ4n) is 2.92. The molecule has 9 N–H and O–H groups in total. The van der Waals surface area contributed by atoms with Gasteiger partial charge in [-0.25, -0.2) is 0 Å². The van der Waals surface area contributed by atoms with Crippen LogP contribution in [0.5, 0.6) is 0 Å². The summed E-state index contributed by atoms with van der Waals surface area (Å²) >= 11 is 0. The normalized spacial score (nSPS) is 13.5. The summed E-state index contributed by atoms with van der Waals surface area (Å²) in [6, 6.07) is 5.75. The molecule has 0 saturated carbocycles. The van der Waals surface area contributed by atoms with E-state index in [9.17, 15) is 24.0 Å². The topological polar surface area (TPSA) is 200 Å². The molecule has 11 nitrogen and oxygen atoms in total. The van der Waals surface area contributed by atoms with Gasteiger partial charge in [-0.3, -0.25) is 24.0 Å². The van der Waals surface area contributed by atoms with Crippen molar-refractivity contribution in [3.63, 3.8) is 0 Å². The number of hydrogen-bond acceptors (Lipinski definition) is 6. The van der Waals surface area contributed by atoms with Crippen LogP contribution in [0.3, 0.4) is 0 Å². The molecule has 0 aromatic heterocycles. The Hall–Kier alpha value is -3.47. The fourth-order valence-corrected chi connectivity index (χ4v) is 2.92. The van der Waals surface area contributed by atoms with E-state index in [0.717, 1.165) is 5.56 Å². The number of nitrogens with two attached hydrogens (primary N) is 3. The molecule has 0 radical (unpaired) electrons. The van der Waals surface area contributed by atoms with E-state index in [-0.39, 0.29) is 31.7 Å². The number of nitrogens with one attached hydrogen (secondary N) is 3. The van der Waals surface area contributed by atoms with Crippen molar-refractivity contribution in [1.82, 2.24) is 16.0 Å². The van der Waals surface area contributed by atoms with E-state index in [1.165, 1.54) is 0 Å². The quantitative estimate of drug-likeness (QED) is 0.202. The van der Waals surface area contributed by atoms with Gasteiger partial charge in [-0.15, -0.1) is 0 Å². The second kappa shape index (κ2) is 13.1. The van der Waals surface area contributed by atoms with E-state index in [4.69, 9.17) is 17.2 Å². The maximum absolute atomic E-state index is 13.0. The smallest absolute Gasteiger partial charge is 0.243 e. The minimum Gasteiger partial charge on any atom is -0.370 e. The van der Waals surface area contributed by atoms with Crippen LogP contribution in [0.1, 0.15) is 32.3 Å². The molecule has 0 aliphatic carbocycles. The molecular formula is C21H32N6O5. The lowest BCUT2D eigenvalue weighted by molar-refractivity contribution is -0.133. The van der Waals surface area contributed by atoms with Gasteiger partial charge in [-0.05, 0) is 17.9 Å². The molecule has 32 heavy (non-hydrogen) atoms. The first-order valence-corrected chi connectivity index (χ1v) is 10.2. The molecular weight excluding hydrogens is 416 g/mol. The van der Waals surface area contributed by atoms with Gasteiger partial charge in [0.25, 0.3) is 0 Å². The second-order valence-electron chi connectivity index (χ2n) is 7.90. The van der Waals surface area contributed by atoms with Gasteiger partial charge in [-0.1, -0.05) is 44.2 Å². The van der Waals surface area contributed by atoms with Crippen LogP contribution in [-0.4, -0.2) is 54.2 Å². The van der Waals surface area contributed by atoms with Gasteiger partial charge in [0, 0.05) is 6.42 Å². The van der Waals surface area contributed by atoms with E-state index in [2.05, 4.69) is 16.0 Å². The highest BCUT2D eigenvalue weighted by Gasteiger charge is 2.29. The highest BCUT2D eigenvalue weighted by molar-refractivity contribution is 5.95. The number of amides is 5. The van der Waals surface area contributed by atoms with Crippen molar-refractivity contribution >= 4 is 29.5 Å². The predicted octanol–water partition coefficient (Wildman–Crippen LogP) is -1.95. The molecule has 11 heteroatoms. The van der Waals surface area contributed by atoms with Crippen molar-refractivity contribution < 1.29 is 24.0 Å². The molecule has 0 aliphatic heterocycles. The maximum Gasteiger partial charge on any atom is 0.243 e. The summed E-state index contributed by atoms with van der Waals surface area (Å²) in [6.07, 6.45) is 0.0521. The molecule has 5 amide bonds. The Balaban J connectivity index is 2.98. The molecule has 176 valence electrons. The summed E-state index contributed by atoms with van der Waals surface area (Å²) < 4.78 is 0. The molecule has 0 spiro atoms. The lowest BCUT2D eigenvalue weighted by Gasteiger charge is -2.25. The van der Waals surface area contributed by atoms with E-state index in [1.807, 2.05) is 19.9 Å². The molecule has 0 unspecified atom stereocenters. The van der Waals surface area contributed by atoms with Crippen molar-refractivity contribution in [2.45, 2.75) is 51.2 Å². The number of carbonyl (C=O) groups is 5. The van der Waals surface area contributed by atoms with E-state index in [1.54, 1.807) is 24.3 Å². The molecule has 0 bridgehead atoms. The summed E-state index contributed by atoms with van der Waals surface area (Å²) in [5, 5.41) is 7.53. The van der Waals surface area contributed by atoms with Crippen LogP contribution in [0.4, 0.5) is 0 Å². The van der Waals surface area contributed by atoms with Gasteiger partial charge in [0.1, 0.15) is 12.1 Å². The Morgan fingerprint density at radius 2 is 1.44 bits per heavy atom. The third-order valence-electron chi connectivity index (χ3n) is 4.45. The first kappa shape index (κ1) is 26.6. The summed E-state index contributed by atoms with van der Waals surface area (Å²) in [5.74, 6) is -3.35. The number of carbonyl (C=O) groups excluding carboxylic acids is 5. The summed E-state index contributed by atoms with van der Waals surface area (Å²) in [5.41, 5.74) is 16.6. The Labute approximate surface area is 186 Å². The van der Waals surface area contributed by atoms with Crippen molar-refractivity contribution in [3.8, 4) is 0 Å². The lowest BCUT2D eigenvalue weighted by atomic mass is 10.0. The SMILES string of the molecule is CC(C)C[C@H](NC(=O)[C@@H](N)CC(N)=O)C(=O)N[C@@H](Cc1ccccc1)C(=O)NCC(N)=O. The Bertz CT molecular complexity index is 814. The van der Waals surface area contributed by atoms with Crippen LogP contribution < -0.4 is 33.2 Å². The third kappa shape index (κ3) is 10.0. The zero-order valence-corrected chi connectivity index (χ0v) is 18.3. The molecule has 1 aromatic rings. The number of primary amides is 2. The fraction of sp³-hybridized carbons (Fsp3) is 0.476. The zero-order chi connectivity index (χ0) is 24.3. The van der Waals surface area contributed by atoms with Gasteiger partial charge < -0.3 is 33.2 Å². The van der Waals surface area contributed by atoms with Gasteiger partial charge in [0.15, 0.2) is 0 Å². The molecule has 0 fully saturated rings. The molecule has 0 heterocycles. The molecule has 1 rings (SSSR count). The highest BCUT2D eigenvalue weighted by atomic mass is 16.2. The largest absolute Gasteiger partial charge is 0.370 e. The molecule has 3 atom stereocenters. The number of rotatable bonds is 13. The summed E-state index contributed by atoms with van der Waals surface area (Å²) in [7, 11) is 0.